The van der Waals surface area contributed by atoms with E-state index in [9.17, 15) is 8.42 Å². The molecule has 0 radical (unpaired) electrons. The van der Waals surface area contributed by atoms with Crippen LogP contribution < -0.4 is 11.1 Å². The summed E-state index contributed by atoms with van der Waals surface area (Å²) in [5.41, 5.74) is 6.47. The van der Waals surface area contributed by atoms with Gasteiger partial charge in [0, 0.05) is 11.3 Å². The van der Waals surface area contributed by atoms with Crippen molar-refractivity contribution in [2.45, 2.75) is 4.90 Å². The number of nitrogens with one attached hydrogen (secondary N) is 1. The molecule has 0 atom stereocenters. The van der Waals surface area contributed by atoms with Gasteiger partial charge in [0.2, 0.25) is 0 Å². The zero-order valence-electron chi connectivity index (χ0n) is 8.83. The van der Waals surface area contributed by atoms with Gasteiger partial charge in [0.05, 0.1) is 22.8 Å². The average Bonchev–Trinajstić information content (AvgIpc) is 2.14. The normalized spacial score (nSPS) is 11.1. The fourth-order valence-electron chi connectivity index (χ4n) is 1.21. The molecule has 0 unspecified atom stereocenters. The number of nitrogens with two attached hydrogens (primary N) is 1. The molecule has 0 saturated heterocycles. The van der Waals surface area contributed by atoms with Crippen molar-refractivity contribution < 1.29 is 8.42 Å². The Hall–Kier alpha value is -1.20. The van der Waals surface area contributed by atoms with Crippen molar-refractivity contribution >= 4 is 32.8 Å². The molecule has 0 aliphatic rings. The molecule has 0 saturated carbocycles. The third kappa shape index (κ3) is 3.15. The molecule has 0 spiro atoms. The Kier molecular flexibility index (Phi) is 3.83. The van der Waals surface area contributed by atoms with Gasteiger partial charge in [-0.1, -0.05) is 24.2 Å². The lowest BCUT2D eigenvalue weighted by atomic mass is 10.2. The molecular weight excluding hydrogens is 248 g/mol. The van der Waals surface area contributed by atoms with Crippen molar-refractivity contribution in [1.29, 1.82) is 0 Å². The molecule has 16 heavy (non-hydrogen) atoms. The molecule has 0 aliphatic carbocycles. The van der Waals surface area contributed by atoms with Crippen LogP contribution in [0.3, 0.4) is 0 Å². The predicted molar refractivity (Wildman–Crippen MR) is 67.4 cm³/mol. The van der Waals surface area contributed by atoms with Crippen LogP contribution in [0.2, 0.25) is 0 Å². The van der Waals surface area contributed by atoms with Gasteiger partial charge in [0.1, 0.15) is 0 Å². The van der Waals surface area contributed by atoms with Crippen LogP contribution in [0.1, 0.15) is 0 Å². The molecule has 4 nitrogen and oxygen atoms in total. The SMILES string of the molecule is C=C(Cl)CNc1cccc(S(C)(=O)=O)c1N. The maximum absolute atomic E-state index is 11.4. The number of sulfone groups is 1. The maximum Gasteiger partial charge on any atom is 0.177 e. The topological polar surface area (TPSA) is 72.2 Å². The molecule has 0 heterocycles. The fourth-order valence-corrected chi connectivity index (χ4v) is 2.11. The number of hydrogen-bond acceptors (Lipinski definition) is 4. The summed E-state index contributed by atoms with van der Waals surface area (Å²) in [4.78, 5) is 0.109. The Morgan fingerprint density at radius 3 is 2.69 bits per heavy atom. The van der Waals surface area contributed by atoms with Crippen molar-refractivity contribution in [2.75, 3.05) is 23.9 Å². The number of nitrogen functional groups attached to an aromatic ring is 1. The summed E-state index contributed by atoms with van der Waals surface area (Å²) in [5, 5.41) is 3.32. The Labute approximate surface area is 100 Å². The Bertz CT molecular complexity index is 512. The second kappa shape index (κ2) is 4.76. The number of para-hydroxylation sites is 1. The lowest BCUT2D eigenvalue weighted by Gasteiger charge is -2.11. The number of anilines is 2. The van der Waals surface area contributed by atoms with Crippen molar-refractivity contribution in [1.82, 2.24) is 0 Å². The third-order valence-electron chi connectivity index (χ3n) is 1.94. The summed E-state index contributed by atoms with van der Waals surface area (Å²) in [6.07, 6.45) is 1.11. The van der Waals surface area contributed by atoms with Crippen molar-refractivity contribution in [2.24, 2.45) is 0 Å². The monoisotopic (exact) mass is 260 g/mol. The summed E-state index contributed by atoms with van der Waals surface area (Å²) < 4.78 is 22.8. The van der Waals surface area contributed by atoms with Crippen molar-refractivity contribution in [3.63, 3.8) is 0 Å². The van der Waals surface area contributed by atoms with Gasteiger partial charge < -0.3 is 11.1 Å². The molecular formula is C10H13ClN2O2S. The molecule has 88 valence electrons. The Morgan fingerprint density at radius 2 is 2.19 bits per heavy atom. The van der Waals surface area contributed by atoms with Gasteiger partial charge in [0.15, 0.2) is 9.84 Å². The van der Waals surface area contributed by atoms with E-state index in [4.69, 9.17) is 17.3 Å². The summed E-state index contributed by atoms with van der Waals surface area (Å²) in [6.45, 7) is 3.85. The van der Waals surface area contributed by atoms with E-state index in [0.29, 0.717) is 17.3 Å². The van der Waals surface area contributed by atoms with Crippen LogP contribution in [0.15, 0.2) is 34.7 Å². The van der Waals surface area contributed by atoms with E-state index in [0.717, 1.165) is 6.26 Å². The second-order valence-electron chi connectivity index (χ2n) is 3.36. The zero-order valence-corrected chi connectivity index (χ0v) is 10.4. The minimum atomic E-state index is -3.31. The first-order chi connectivity index (χ1) is 7.32. The maximum atomic E-state index is 11.4. The van der Waals surface area contributed by atoms with E-state index in [1.165, 1.54) is 6.07 Å². The quantitative estimate of drug-likeness (QED) is 0.811. The summed E-state index contributed by atoms with van der Waals surface area (Å²) in [7, 11) is -3.31. The number of halogens is 1. The minimum Gasteiger partial charge on any atom is -0.396 e. The van der Waals surface area contributed by atoms with Crippen LogP contribution in [0.25, 0.3) is 0 Å². The molecule has 1 rings (SSSR count). The molecule has 0 aliphatic heterocycles. The first-order valence-corrected chi connectivity index (χ1v) is 6.75. The molecule has 0 amide bonds. The third-order valence-corrected chi connectivity index (χ3v) is 3.22. The highest BCUT2D eigenvalue weighted by Gasteiger charge is 2.13. The zero-order chi connectivity index (χ0) is 12.3. The summed E-state index contributed by atoms with van der Waals surface area (Å²) >= 11 is 5.59. The van der Waals surface area contributed by atoms with E-state index in [1.54, 1.807) is 12.1 Å². The molecule has 3 N–H and O–H groups in total. The van der Waals surface area contributed by atoms with Crippen LogP contribution in [0.4, 0.5) is 11.4 Å². The van der Waals surface area contributed by atoms with E-state index < -0.39 is 9.84 Å². The molecule has 0 aromatic heterocycles. The number of hydrogen-bond donors (Lipinski definition) is 2. The smallest absolute Gasteiger partial charge is 0.177 e. The van der Waals surface area contributed by atoms with Crippen LogP contribution in [-0.4, -0.2) is 21.2 Å². The number of rotatable bonds is 4. The van der Waals surface area contributed by atoms with Gasteiger partial charge in [0.25, 0.3) is 0 Å². The van der Waals surface area contributed by atoms with Gasteiger partial charge in [-0.25, -0.2) is 8.42 Å². The first kappa shape index (κ1) is 12.9. The van der Waals surface area contributed by atoms with Crippen LogP contribution >= 0.6 is 11.6 Å². The summed E-state index contributed by atoms with van der Waals surface area (Å²) in [5.74, 6) is 0. The largest absolute Gasteiger partial charge is 0.396 e. The van der Waals surface area contributed by atoms with Gasteiger partial charge in [-0.3, -0.25) is 0 Å². The Morgan fingerprint density at radius 1 is 1.56 bits per heavy atom. The van der Waals surface area contributed by atoms with Gasteiger partial charge in [-0.15, -0.1) is 0 Å². The molecule has 6 heteroatoms. The van der Waals surface area contributed by atoms with E-state index in [1.807, 2.05) is 0 Å². The standard InChI is InChI=1S/C10H13ClN2O2S/c1-7(11)6-13-8-4-3-5-9(10(8)12)16(2,14)15/h3-5,13H,1,6,12H2,2H3. The van der Waals surface area contributed by atoms with Crippen molar-refractivity contribution in [3.05, 3.63) is 29.8 Å². The lowest BCUT2D eigenvalue weighted by Crippen LogP contribution is -2.08. The molecule has 1 aromatic rings. The van der Waals surface area contributed by atoms with Gasteiger partial charge in [-0.2, -0.15) is 0 Å². The number of benzene rings is 1. The fraction of sp³-hybridized carbons (Fsp3) is 0.200. The van der Waals surface area contributed by atoms with Crippen molar-refractivity contribution in [3.8, 4) is 0 Å². The van der Waals surface area contributed by atoms with Gasteiger partial charge in [-0.05, 0) is 12.1 Å². The van der Waals surface area contributed by atoms with Crippen LogP contribution in [-0.2, 0) is 9.84 Å². The van der Waals surface area contributed by atoms with E-state index in [-0.39, 0.29) is 10.6 Å². The molecule has 0 bridgehead atoms. The Balaban J connectivity index is 3.10. The second-order valence-corrected chi connectivity index (χ2v) is 5.88. The highest BCUT2D eigenvalue weighted by Crippen LogP contribution is 2.26. The molecule has 0 fully saturated rings. The summed E-state index contributed by atoms with van der Waals surface area (Å²) in [6, 6.07) is 4.77. The average molecular weight is 261 g/mol. The van der Waals surface area contributed by atoms with Crippen LogP contribution in [0.5, 0.6) is 0 Å². The van der Waals surface area contributed by atoms with Crippen LogP contribution in [0, 0.1) is 0 Å². The highest BCUT2D eigenvalue weighted by molar-refractivity contribution is 7.90. The molecule has 1 aromatic carbocycles. The predicted octanol–water partition coefficient (Wildman–Crippen LogP) is 1.84. The minimum absolute atomic E-state index is 0.109. The van der Waals surface area contributed by atoms with E-state index >= 15 is 0 Å². The first-order valence-electron chi connectivity index (χ1n) is 4.48. The van der Waals surface area contributed by atoms with Gasteiger partial charge >= 0.3 is 0 Å². The lowest BCUT2D eigenvalue weighted by molar-refractivity contribution is 0.602. The highest BCUT2D eigenvalue weighted by atomic mass is 35.5. The van der Waals surface area contributed by atoms with E-state index in [2.05, 4.69) is 11.9 Å².